The topological polar surface area (TPSA) is 110 Å². The van der Waals surface area contributed by atoms with Gasteiger partial charge in [0, 0.05) is 18.0 Å². The molecule has 0 amide bonds. The molecule has 0 aromatic heterocycles. The number of rotatable bonds is 5. The average Bonchev–Trinajstić information content (AvgIpc) is 2.20. The third kappa shape index (κ3) is 3.75. The Balaban J connectivity index is 3.06. The second kappa shape index (κ2) is 5.19. The highest BCUT2D eigenvalue weighted by molar-refractivity contribution is 7.92. The lowest BCUT2D eigenvalue weighted by Crippen LogP contribution is -2.17. The predicted octanol–water partition coefficient (Wildman–Crippen LogP) is 1.28. The number of hydrogen-bond acceptors (Lipinski definition) is 5. The van der Waals surface area contributed by atoms with Gasteiger partial charge in [-0.05, 0) is 6.07 Å². The van der Waals surface area contributed by atoms with Crippen LogP contribution in [0.15, 0.2) is 18.2 Å². The highest BCUT2D eigenvalue weighted by Gasteiger charge is 2.15. The van der Waals surface area contributed by atoms with E-state index in [0.717, 1.165) is 18.2 Å². The Hall–Kier alpha value is -1.54. The van der Waals surface area contributed by atoms with Crippen molar-refractivity contribution in [1.29, 1.82) is 0 Å². The van der Waals surface area contributed by atoms with Crippen LogP contribution in [0.5, 0.6) is 5.75 Å². The van der Waals surface area contributed by atoms with Gasteiger partial charge in [0.25, 0.3) is 5.69 Å². The molecule has 0 spiro atoms. The van der Waals surface area contributed by atoms with Gasteiger partial charge in [-0.25, -0.2) is 8.42 Å². The summed E-state index contributed by atoms with van der Waals surface area (Å²) >= 11 is 5.28. The van der Waals surface area contributed by atoms with E-state index in [4.69, 9.17) is 11.6 Å². The number of sulfonamides is 1. The Bertz CT molecular complexity index is 531. The first-order chi connectivity index (χ1) is 7.85. The monoisotopic (exact) mass is 280 g/mol. The van der Waals surface area contributed by atoms with Crippen molar-refractivity contribution in [2.24, 2.45) is 0 Å². The first-order valence-corrected chi connectivity index (χ1v) is 6.58. The fraction of sp³-hybridized carbons (Fsp3) is 0.250. The molecule has 0 aliphatic rings. The summed E-state index contributed by atoms with van der Waals surface area (Å²) in [5, 5.41) is 19.8. The largest absolute Gasteiger partial charge is 0.506 e. The average molecular weight is 281 g/mol. The highest BCUT2D eigenvalue weighted by Crippen LogP contribution is 2.28. The normalized spacial score (nSPS) is 11.1. The fourth-order valence-electron chi connectivity index (χ4n) is 1.04. The molecule has 0 heterocycles. The van der Waals surface area contributed by atoms with Crippen molar-refractivity contribution < 1.29 is 18.4 Å². The summed E-state index contributed by atoms with van der Waals surface area (Å²) in [7, 11) is -3.71. The number of nitro groups is 1. The first-order valence-electron chi connectivity index (χ1n) is 4.39. The summed E-state index contributed by atoms with van der Waals surface area (Å²) < 4.78 is 24.7. The number of hydrogen-bond donors (Lipinski definition) is 2. The fourth-order valence-corrected chi connectivity index (χ4v) is 2.45. The molecule has 2 N–H and O–H groups in total. The Morgan fingerprint density at radius 1 is 1.47 bits per heavy atom. The lowest BCUT2D eigenvalue weighted by atomic mass is 10.2. The number of aromatic hydroxyl groups is 1. The first kappa shape index (κ1) is 13.5. The number of nitrogens with zero attached hydrogens (tertiary/aromatic N) is 1. The molecular formula is C8H9ClN2O5S. The van der Waals surface area contributed by atoms with Crippen LogP contribution in [-0.4, -0.2) is 30.1 Å². The van der Waals surface area contributed by atoms with Crippen molar-refractivity contribution in [2.75, 3.05) is 16.4 Å². The summed E-state index contributed by atoms with van der Waals surface area (Å²) in [5.74, 6) is -0.865. The third-order valence-corrected chi connectivity index (χ3v) is 3.49. The number of phenols is 1. The summed E-state index contributed by atoms with van der Waals surface area (Å²) in [4.78, 5) is 9.79. The van der Waals surface area contributed by atoms with E-state index in [1.807, 2.05) is 4.72 Å². The smallest absolute Gasteiger partial charge is 0.271 e. The molecule has 1 aromatic rings. The Labute approximate surface area is 102 Å². The van der Waals surface area contributed by atoms with Crippen LogP contribution in [0.3, 0.4) is 0 Å². The molecule has 0 aliphatic carbocycles. The Kier molecular flexibility index (Phi) is 4.13. The minimum Gasteiger partial charge on any atom is -0.506 e. The van der Waals surface area contributed by atoms with Crippen molar-refractivity contribution in [1.82, 2.24) is 0 Å². The zero-order chi connectivity index (χ0) is 13.1. The van der Waals surface area contributed by atoms with Crippen molar-refractivity contribution in [3.05, 3.63) is 28.3 Å². The number of alkyl halides is 1. The summed E-state index contributed by atoms with van der Waals surface area (Å²) in [6.45, 7) is 0. The molecule has 0 atom stereocenters. The molecule has 0 saturated heterocycles. The van der Waals surface area contributed by atoms with Gasteiger partial charge in [-0.3, -0.25) is 14.8 Å². The molecule has 17 heavy (non-hydrogen) atoms. The van der Waals surface area contributed by atoms with Gasteiger partial charge < -0.3 is 5.11 Å². The molecular weight excluding hydrogens is 272 g/mol. The van der Waals surface area contributed by atoms with Gasteiger partial charge in [0.15, 0.2) is 0 Å². The molecule has 0 radical (unpaired) electrons. The molecule has 0 bridgehead atoms. The van der Waals surface area contributed by atoms with Crippen molar-refractivity contribution in [3.63, 3.8) is 0 Å². The zero-order valence-electron chi connectivity index (χ0n) is 8.46. The third-order valence-electron chi connectivity index (χ3n) is 1.80. The predicted molar refractivity (Wildman–Crippen MR) is 62.9 cm³/mol. The van der Waals surface area contributed by atoms with Crippen LogP contribution in [0.2, 0.25) is 0 Å². The van der Waals surface area contributed by atoms with E-state index in [1.165, 1.54) is 0 Å². The number of benzene rings is 1. The lowest BCUT2D eigenvalue weighted by Gasteiger charge is -2.07. The van der Waals surface area contributed by atoms with E-state index in [-0.39, 0.29) is 23.0 Å². The van der Waals surface area contributed by atoms with Gasteiger partial charge in [0.1, 0.15) is 5.75 Å². The molecule has 0 unspecified atom stereocenters. The van der Waals surface area contributed by atoms with Crippen molar-refractivity contribution in [3.8, 4) is 5.75 Å². The van der Waals surface area contributed by atoms with Crippen molar-refractivity contribution >= 4 is 33.0 Å². The SMILES string of the molecule is O=[N+]([O-])c1ccc(O)c(NS(=O)(=O)CCCl)c1. The molecule has 0 saturated carbocycles. The van der Waals surface area contributed by atoms with Gasteiger partial charge in [0.2, 0.25) is 10.0 Å². The van der Waals surface area contributed by atoms with Crippen LogP contribution in [0.25, 0.3) is 0 Å². The standard InChI is InChI=1S/C8H9ClN2O5S/c9-3-4-17(15,16)10-7-5-6(11(13)14)1-2-8(7)12/h1-2,5,10,12H,3-4H2. The molecule has 94 valence electrons. The maximum Gasteiger partial charge on any atom is 0.271 e. The van der Waals surface area contributed by atoms with Crippen LogP contribution in [0.1, 0.15) is 0 Å². The van der Waals surface area contributed by atoms with E-state index in [9.17, 15) is 23.6 Å². The number of halogens is 1. The lowest BCUT2D eigenvalue weighted by molar-refractivity contribution is -0.384. The number of nitrogens with one attached hydrogen (secondary N) is 1. The molecule has 1 aromatic carbocycles. The van der Waals surface area contributed by atoms with Crippen molar-refractivity contribution in [2.45, 2.75) is 0 Å². The van der Waals surface area contributed by atoms with Crippen LogP contribution in [-0.2, 0) is 10.0 Å². The van der Waals surface area contributed by atoms with Gasteiger partial charge in [-0.15, -0.1) is 11.6 Å². The van der Waals surface area contributed by atoms with E-state index in [1.54, 1.807) is 0 Å². The minimum absolute atomic E-state index is 0.120. The highest BCUT2D eigenvalue weighted by atomic mass is 35.5. The maximum absolute atomic E-state index is 11.4. The van der Waals surface area contributed by atoms with Gasteiger partial charge in [-0.2, -0.15) is 0 Å². The second-order valence-electron chi connectivity index (χ2n) is 3.07. The Morgan fingerprint density at radius 2 is 2.12 bits per heavy atom. The molecule has 0 fully saturated rings. The number of nitro benzene ring substituents is 1. The summed E-state index contributed by atoms with van der Waals surface area (Å²) in [6.07, 6.45) is 0. The van der Waals surface area contributed by atoms with E-state index >= 15 is 0 Å². The second-order valence-corrected chi connectivity index (χ2v) is 5.29. The Morgan fingerprint density at radius 3 is 2.65 bits per heavy atom. The van der Waals surface area contributed by atoms with Crippen LogP contribution >= 0.6 is 11.6 Å². The van der Waals surface area contributed by atoms with Crippen LogP contribution in [0, 0.1) is 10.1 Å². The van der Waals surface area contributed by atoms with Crippen LogP contribution in [0.4, 0.5) is 11.4 Å². The zero-order valence-corrected chi connectivity index (χ0v) is 10.0. The quantitative estimate of drug-likeness (QED) is 0.365. The molecule has 1 rings (SSSR count). The maximum atomic E-state index is 11.4. The summed E-state index contributed by atoms with van der Waals surface area (Å²) in [6, 6.07) is 3.03. The number of non-ortho nitro benzene ring substituents is 1. The van der Waals surface area contributed by atoms with E-state index in [2.05, 4.69) is 0 Å². The molecule has 0 aliphatic heterocycles. The molecule has 7 nitrogen and oxygen atoms in total. The molecule has 9 heteroatoms. The van der Waals surface area contributed by atoms with Gasteiger partial charge >= 0.3 is 0 Å². The number of anilines is 1. The minimum atomic E-state index is -3.71. The number of phenolic OH excluding ortho intramolecular Hbond substituents is 1. The van der Waals surface area contributed by atoms with Crippen LogP contribution < -0.4 is 4.72 Å². The van der Waals surface area contributed by atoms with Gasteiger partial charge in [-0.1, -0.05) is 0 Å². The summed E-state index contributed by atoms with van der Waals surface area (Å²) in [5.41, 5.74) is -0.573. The van der Waals surface area contributed by atoms with E-state index < -0.39 is 20.7 Å². The van der Waals surface area contributed by atoms with Gasteiger partial charge in [0.05, 0.1) is 16.4 Å². The van der Waals surface area contributed by atoms with E-state index in [0.29, 0.717) is 0 Å².